The van der Waals surface area contributed by atoms with Crippen molar-refractivity contribution in [3.05, 3.63) is 78.4 Å². The van der Waals surface area contributed by atoms with Crippen LogP contribution in [0.25, 0.3) is 10.2 Å². The predicted molar refractivity (Wildman–Crippen MR) is 121 cm³/mol. The van der Waals surface area contributed by atoms with Crippen molar-refractivity contribution in [2.75, 3.05) is 16.4 Å². The van der Waals surface area contributed by atoms with E-state index in [2.05, 4.69) is 15.6 Å². The van der Waals surface area contributed by atoms with E-state index in [1.807, 2.05) is 24.3 Å². The minimum Gasteiger partial charge on any atom is -0.508 e. The maximum Gasteiger partial charge on any atom is 0.257 e. The zero-order valence-corrected chi connectivity index (χ0v) is 17.3. The zero-order chi connectivity index (χ0) is 20.9. The first-order chi connectivity index (χ1) is 14.6. The first kappa shape index (κ1) is 19.9. The smallest absolute Gasteiger partial charge is 0.257 e. The van der Waals surface area contributed by atoms with Crippen LogP contribution in [0.2, 0.25) is 0 Å². The second-order valence-electron chi connectivity index (χ2n) is 6.36. The molecule has 4 aromatic rings. The highest BCUT2D eigenvalue weighted by atomic mass is 32.2. The van der Waals surface area contributed by atoms with Gasteiger partial charge in [0.15, 0.2) is 5.13 Å². The van der Waals surface area contributed by atoms with E-state index in [0.717, 1.165) is 15.1 Å². The number of nitrogens with one attached hydrogen (secondary N) is 2. The van der Waals surface area contributed by atoms with Gasteiger partial charge in [-0.05, 0) is 48.5 Å². The summed E-state index contributed by atoms with van der Waals surface area (Å²) in [5.74, 6) is 0.0333. The summed E-state index contributed by atoms with van der Waals surface area (Å²) in [6.07, 6.45) is 0. The monoisotopic (exact) mass is 435 g/mol. The Morgan fingerprint density at radius 1 is 0.967 bits per heavy atom. The Morgan fingerprint density at radius 2 is 1.80 bits per heavy atom. The number of hydrogen-bond acceptors (Lipinski definition) is 6. The van der Waals surface area contributed by atoms with E-state index in [-0.39, 0.29) is 23.3 Å². The van der Waals surface area contributed by atoms with Crippen molar-refractivity contribution in [2.45, 2.75) is 4.90 Å². The molecule has 8 heteroatoms. The molecule has 0 aliphatic heterocycles. The number of fused-ring (bicyclic) bond motifs is 1. The topological polar surface area (TPSA) is 91.3 Å². The van der Waals surface area contributed by atoms with Crippen LogP contribution in [-0.2, 0) is 4.79 Å². The highest BCUT2D eigenvalue weighted by molar-refractivity contribution is 8.00. The third-order valence-corrected chi connectivity index (χ3v) is 6.04. The molecule has 0 aliphatic carbocycles. The number of phenolic OH excluding ortho intramolecular Hbond substituents is 1. The fourth-order valence-corrected chi connectivity index (χ4v) is 4.38. The largest absolute Gasteiger partial charge is 0.508 e. The molecule has 3 aromatic carbocycles. The van der Waals surface area contributed by atoms with Gasteiger partial charge in [-0.15, -0.1) is 11.8 Å². The lowest BCUT2D eigenvalue weighted by atomic mass is 10.2. The Balaban J connectivity index is 1.39. The molecular formula is C22H17N3O3S2. The fourth-order valence-electron chi connectivity index (χ4n) is 2.73. The lowest BCUT2D eigenvalue weighted by Gasteiger charge is -2.05. The summed E-state index contributed by atoms with van der Waals surface area (Å²) in [5.41, 5.74) is 1.97. The molecule has 30 heavy (non-hydrogen) atoms. The van der Waals surface area contributed by atoms with Crippen LogP contribution < -0.4 is 10.6 Å². The molecule has 4 rings (SSSR count). The Kier molecular flexibility index (Phi) is 5.97. The lowest BCUT2D eigenvalue weighted by molar-refractivity contribution is -0.113. The SMILES string of the molecule is O=C(CSc1cccc(O)c1)Nc1ccc2nc(NC(=O)c3ccccc3)sc2c1. The highest BCUT2D eigenvalue weighted by Crippen LogP contribution is 2.29. The van der Waals surface area contributed by atoms with Crippen LogP contribution >= 0.6 is 23.1 Å². The minimum atomic E-state index is -0.216. The number of aromatic nitrogens is 1. The van der Waals surface area contributed by atoms with Crippen LogP contribution in [0.5, 0.6) is 5.75 Å². The van der Waals surface area contributed by atoms with Gasteiger partial charge in [0.2, 0.25) is 5.91 Å². The fraction of sp³-hybridized carbons (Fsp3) is 0.0455. The van der Waals surface area contributed by atoms with Gasteiger partial charge in [0, 0.05) is 16.1 Å². The Labute approximate surface area is 181 Å². The maximum absolute atomic E-state index is 12.3. The number of carbonyl (C=O) groups excluding carboxylic acids is 2. The number of benzene rings is 3. The van der Waals surface area contributed by atoms with Crippen LogP contribution in [0.15, 0.2) is 77.7 Å². The van der Waals surface area contributed by atoms with Crippen molar-refractivity contribution in [3.63, 3.8) is 0 Å². The van der Waals surface area contributed by atoms with Crippen molar-refractivity contribution >= 4 is 55.9 Å². The van der Waals surface area contributed by atoms with E-state index < -0.39 is 0 Å². The van der Waals surface area contributed by atoms with E-state index in [1.54, 1.807) is 48.5 Å². The molecule has 0 saturated heterocycles. The van der Waals surface area contributed by atoms with E-state index in [4.69, 9.17) is 0 Å². The lowest BCUT2D eigenvalue weighted by Crippen LogP contribution is -2.13. The second-order valence-corrected chi connectivity index (χ2v) is 8.44. The first-order valence-electron chi connectivity index (χ1n) is 9.05. The Morgan fingerprint density at radius 3 is 2.60 bits per heavy atom. The number of hydrogen-bond donors (Lipinski definition) is 3. The van der Waals surface area contributed by atoms with Gasteiger partial charge in [0.25, 0.3) is 5.91 Å². The molecule has 1 heterocycles. The molecule has 3 N–H and O–H groups in total. The van der Waals surface area contributed by atoms with Crippen LogP contribution in [0.4, 0.5) is 10.8 Å². The number of amides is 2. The van der Waals surface area contributed by atoms with Crippen molar-refractivity contribution in [1.82, 2.24) is 4.98 Å². The molecule has 0 unspecified atom stereocenters. The van der Waals surface area contributed by atoms with Gasteiger partial charge < -0.3 is 10.4 Å². The molecule has 0 saturated carbocycles. The van der Waals surface area contributed by atoms with Gasteiger partial charge in [-0.25, -0.2) is 4.98 Å². The molecule has 0 fully saturated rings. The molecule has 0 bridgehead atoms. The Bertz CT molecular complexity index is 1210. The number of phenols is 1. The van der Waals surface area contributed by atoms with Gasteiger partial charge in [-0.2, -0.15) is 0 Å². The number of thiazole rings is 1. The van der Waals surface area contributed by atoms with Crippen molar-refractivity contribution in [2.24, 2.45) is 0 Å². The molecule has 6 nitrogen and oxygen atoms in total. The van der Waals surface area contributed by atoms with E-state index in [0.29, 0.717) is 16.4 Å². The van der Waals surface area contributed by atoms with Crippen LogP contribution in [0, 0.1) is 0 Å². The van der Waals surface area contributed by atoms with Gasteiger partial charge >= 0.3 is 0 Å². The molecule has 0 aliphatic rings. The number of anilines is 2. The molecule has 0 spiro atoms. The predicted octanol–water partition coefficient (Wildman–Crippen LogP) is 4.99. The summed E-state index contributed by atoms with van der Waals surface area (Å²) in [5, 5.41) is 15.7. The highest BCUT2D eigenvalue weighted by Gasteiger charge is 2.11. The van der Waals surface area contributed by atoms with Crippen molar-refractivity contribution in [1.29, 1.82) is 0 Å². The second kappa shape index (κ2) is 8.98. The van der Waals surface area contributed by atoms with Gasteiger partial charge in [-0.3, -0.25) is 14.9 Å². The molecule has 2 amide bonds. The molecule has 150 valence electrons. The normalized spacial score (nSPS) is 10.7. The van der Waals surface area contributed by atoms with E-state index in [1.165, 1.54) is 23.1 Å². The standard InChI is InChI=1S/C22H17N3O3S2/c26-16-7-4-8-17(12-16)29-13-20(27)23-15-9-10-18-19(11-15)30-22(24-18)25-21(28)14-5-2-1-3-6-14/h1-12,26H,13H2,(H,23,27)(H,24,25,28). The number of rotatable bonds is 6. The van der Waals surface area contributed by atoms with Crippen molar-refractivity contribution < 1.29 is 14.7 Å². The summed E-state index contributed by atoms with van der Waals surface area (Å²) in [4.78, 5) is 29.8. The first-order valence-corrected chi connectivity index (χ1v) is 10.9. The van der Waals surface area contributed by atoms with E-state index in [9.17, 15) is 14.7 Å². The molecule has 0 radical (unpaired) electrons. The van der Waals surface area contributed by atoms with Gasteiger partial charge in [-0.1, -0.05) is 35.6 Å². The summed E-state index contributed by atoms with van der Waals surface area (Å²) >= 11 is 2.69. The van der Waals surface area contributed by atoms with Crippen LogP contribution in [0.1, 0.15) is 10.4 Å². The summed E-state index contributed by atoms with van der Waals surface area (Å²) in [6, 6.07) is 21.2. The molecular weight excluding hydrogens is 418 g/mol. The van der Waals surface area contributed by atoms with E-state index >= 15 is 0 Å². The number of nitrogens with zero attached hydrogens (tertiary/aromatic N) is 1. The number of aromatic hydroxyl groups is 1. The third kappa shape index (κ3) is 4.97. The van der Waals surface area contributed by atoms with Gasteiger partial charge in [0.05, 0.1) is 16.0 Å². The van der Waals surface area contributed by atoms with Crippen molar-refractivity contribution in [3.8, 4) is 5.75 Å². The average molecular weight is 436 g/mol. The van der Waals surface area contributed by atoms with Gasteiger partial charge in [0.1, 0.15) is 5.75 Å². The number of thioether (sulfide) groups is 1. The maximum atomic E-state index is 12.3. The Hall–Kier alpha value is -3.36. The minimum absolute atomic E-state index is 0.148. The quantitative estimate of drug-likeness (QED) is 0.371. The average Bonchev–Trinajstić information content (AvgIpc) is 3.14. The zero-order valence-electron chi connectivity index (χ0n) is 15.7. The van der Waals surface area contributed by atoms with Crippen LogP contribution in [-0.4, -0.2) is 27.7 Å². The summed E-state index contributed by atoms with van der Waals surface area (Å²) < 4.78 is 0.858. The van der Waals surface area contributed by atoms with Crippen LogP contribution in [0.3, 0.4) is 0 Å². The third-order valence-electron chi connectivity index (χ3n) is 4.12. The molecule has 1 aromatic heterocycles. The summed E-state index contributed by atoms with van der Waals surface area (Å²) in [6.45, 7) is 0. The molecule has 0 atom stereocenters. The number of carbonyl (C=O) groups is 2. The summed E-state index contributed by atoms with van der Waals surface area (Å²) in [7, 11) is 0.